The van der Waals surface area contributed by atoms with Crippen LogP contribution in [0.15, 0.2) is 29.2 Å². The molecule has 0 aliphatic rings. The molecule has 0 aromatic heterocycles. The van der Waals surface area contributed by atoms with Crippen molar-refractivity contribution in [2.24, 2.45) is 0 Å². The summed E-state index contributed by atoms with van der Waals surface area (Å²) in [6.07, 6.45) is -2.44. The second-order valence-electron chi connectivity index (χ2n) is 5.22. The van der Waals surface area contributed by atoms with Crippen LogP contribution in [0.5, 0.6) is 0 Å². The zero-order valence-corrected chi connectivity index (χ0v) is 13.3. The van der Waals surface area contributed by atoms with E-state index in [2.05, 4.69) is 0 Å². The van der Waals surface area contributed by atoms with E-state index in [0.29, 0.717) is 25.7 Å². The smallest absolute Gasteiger partial charge is 0.266 e. The van der Waals surface area contributed by atoms with Gasteiger partial charge in [-0.05, 0) is 31.9 Å². The SMILES string of the molecule is Cc1ccc(S(=O)(=O)OCCCCCCCC(F)(F)F)cc1. The number of rotatable bonds is 9. The highest BCUT2D eigenvalue weighted by atomic mass is 32.2. The predicted molar refractivity (Wildman–Crippen MR) is 78.1 cm³/mol. The molecule has 0 atom stereocenters. The average Bonchev–Trinajstić information content (AvgIpc) is 2.41. The monoisotopic (exact) mass is 338 g/mol. The molecule has 0 spiro atoms. The largest absolute Gasteiger partial charge is 0.389 e. The summed E-state index contributed by atoms with van der Waals surface area (Å²) >= 11 is 0. The Morgan fingerprint density at radius 2 is 1.50 bits per heavy atom. The first-order valence-electron chi connectivity index (χ1n) is 7.23. The van der Waals surface area contributed by atoms with Gasteiger partial charge in [-0.3, -0.25) is 4.18 Å². The molecular weight excluding hydrogens is 317 g/mol. The molecule has 0 aliphatic carbocycles. The molecule has 1 aromatic carbocycles. The Morgan fingerprint density at radius 3 is 2.09 bits per heavy atom. The quantitative estimate of drug-likeness (QED) is 0.488. The molecule has 1 aromatic rings. The average molecular weight is 338 g/mol. The number of halogens is 3. The van der Waals surface area contributed by atoms with Crippen molar-refractivity contribution in [3.8, 4) is 0 Å². The standard InChI is InChI=1S/C15H21F3O3S/c1-13-7-9-14(10-8-13)22(19,20)21-12-6-4-2-3-5-11-15(16,17)18/h7-10H,2-6,11-12H2,1H3. The van der Waals surface area contributed by atoms with Crippen LogP contribution in [0.25, 0.3) is 0 Å². The van der Waals surface area contributed by atoms with Crippen molar-refractivity contribution in [3.63, 3.8) is 0 Å². The van der Waals surface area contributed by atoms with Crippen LogP contribution in [0.2, 0.25) is 0 Å². The Kier molecular flexibility index (Phi) is 7.35. The topological polar surface area (TPSA) is 43.4 Å². The number of hydrogen-bond acceptors (Lipinski definition) is 3. The van der Waals surface area contributed by atoms with E-state index in [9.17, 15) is 21.6 Å². The Labute approximate surface area is 129 Å². The van der Waals surface area contributed by atoms with Crippen molar-refractivity contribution < 1.29 is 25.8 Å². The second-order valence-corrected chi connectivity index (χ2v) is 6.84. The molecule has 0 saturated carbocycles. The van der Waals surface area contributed by atoms with Crippen molar-refractivity contribution in [1.82, 2.24) is 0 Å². The lowest BCUT2D eigenvalue weighted by Crippen LogP contribution is -2.08. The highest BCUT2D eigenvalue weighted by molar-refractivity contribution is 7.86. The van der Waals surface area contributed by atoms with E-state index in [1.807, 2.05) is 6.92 Å². The first-order valence-corrected chi connectivity index (χ1v) is 8.64. The minimum absolute atomic E-state index is 0.0511. The minimum Gasteiger partial charge on any atom is -0.266 e. The van der Waals surface area contributed by atoms with Crippen LogP contribution in [0.1, 0.15) is 44.1 Å². The Balaban J connectivity index is 2.17. The molecule has 1 rings (SSSR count). The molecule has 0 bridgehead atoms. The fraction of sp³-hybridized carbons (Fsp3) is 0.600. The third-order valence-corrected chi connectivity index (χ3v) is 4.48. The van der Waals surface area contributed by atoms with E-state index in [1.54, 1.807) is 12.1 Å². The second kappa shape index (κ2) is 8.53. The van der Waals surface area contributed by atoms with Gasteiger partial charge in [0, 0.05) is 6.42 Å². The number of alkyl halides is 3. The van der Waals surface area contributed by atoms with Crippen molar-refractivity contribution in [2.75, 3.05) is 6.61 Å². The molecule has 3 nitrogen and oxygen atoms in total. The van der Waals surface area contributed by atoms with Crippen LogP contribution in [-0.2, 0) is 14.3 Å². The predicted octanol–water partition coefficient (Wildman–Crippen LogP) is 4.60. The third-order valence-electron chi connectivity index (χ3n) is 3.15. The normalized spacial score (nSPS) is 12.5. The summed E-state index contributed by atoms with van der Waals surface area (Å²) in [6.45, 7) is 1.91. The number of aryl methyl sites for hydroxylation is 1. The molecule has 0 fully saturated rings. The lowest BCUT2D eigenvalue weighted by Gasteiger charge is -2.07. The van der Waals surface area contributed by atoms with E-state index in [4.69, 9.17) is 4.18 Å². The zero-order valence-electron chi connectivity index (χ0n) is 12.5. The van der Waals surface area contributed by atoms with Crippen LogP contribution in [0, 0.1) is 6.92 Å². The molecule has 0 aliphatic heterocycles. The molecular formula is C15H21F3O3S. The first kappa shape index (κ1) is 19.0. The van der Waals surface area contributed by atoms with Crippen LogP contribution >= 0.6 is 0 Å². The van der Waals surface area contributed by atoms with Gasteiger partial charge in [0.05, 0.1) is 11.5 Å². The summed E-state index contributed by atoms with van der Waals surface area (Å²) in [5.74, 6) is 0. The number of hydrogen-bond donors (Lipinski definition) is 0. The molecule has 0 unspecified atom stereocenters. The lowest BCUT2D eigenvalue weighted by molar-refractivity contribution is -0.135. The molecule has 0 saturated heterocycles. The molecule has 7 heteroatoms. The number of unbranched alkanes of at least 4 members (excludes halogenated alkanes) is 4. The maximum absolute atomic E-state index is 11.9. The summed E-state index contributed by atoms with van der Waals surface area (Å²) in [4.78, 5) is 0.114. The molecule has 0 N–H and O–H groups in total. The van der Waals surface area contributed by atoms with Gasteiger partial charge in [-0.2, -0.15) is 21.6 Å². The molecule has 126 valence electrons. The van der Waals surface area contributed by atoms with Gasteiger partial charge in [-0.15, -0.1) is 0 Å². The van der Waals surface area contributed by atoms with E-state index in [-0.39, 0.29) is 17.9 Å². The molecule has 0 amide bonds. The fourth-order valence-corrected chi connectivity index (χ4v) is 2.84. The van der Waals surface area contributed by atoms with E-state index < -0.39 is 22.7 Å². The summed E-state index contributed by atoms with van der Waals surface area (Å²) in [5.41, 5.74) is 0.956. The Morgan fingerprint density at radius 1 is 0.955 bits per heavy atom. The van der Waals surface area contributed by atoms with Crippen molar-refractivity contribution in [1.29, 1.82) is 0 Å². The maximum atomic E-state index is 11.9. The van der Waals surface area contributed by atoms with Crippen LogP contribution in [0.3, 0.4) is 0 Å². The van der Waals surface area contributed by atoms with Gasteiger partial charge in [0.15, 0.2) is 0 Å². The first-order chi connectivity index (χ1) is 10.2. The van der Waals surface area contributed by atoms with Crippen molar-refractivity contribution in [3.05, 3.63) is 29.8 Å². The van der Waals surface area contributed by atoms with Crippen molar-refractivity contribution >= 4 is 10.1 Å². The highest BCUT2D eigenvalue weighted by Gasteiger charge is 2.25. The zero-order chi connectivity index (χ0) is 16.6. The third kappa shape index (κ3) is 7.79. The van der Waals surface area contributed by atoms with Crippen LogP contribution < -0.4 is 0 Å². The van der Waals surface area contributed by atoms with Gasteiger partial charge in [0.2, 0.25) is 0 Å². The summed E-state index contributed by atoms with van der Waals surface area (Å²) in [6, 6.07) is 6.36. The fourth-order valence-electron chi connectivity index (χ4n) is 1.90. The van der Waals surface area contributed by atoms with Gasteiger partial charge in [-0.1, -0.05) is 37.0 Å². The molecule has 0 heterocycles. The van der Waals surface area contributed by atoms with Crippen LogP contribution in [0.4, 0.5) is 13.2 Å². The van der Waals surface area contributed by atoms with Crippen LogP contribution in [-0.4, -0.2) is 21.2 Å². The van der Waals surface area contributed by atoms with Gasteiger partial charge in [0.1, 0.15) is 0 Å². The van der Waals surface area contributed by atoms with Crippen molar-refractivity contribution in [2.45, 2.75) is 56.5 Å². The van der Waals surface area contributed by atoms with E-state index >= 15 is 0 Å². The summed E-state index contributed by atoms with van der Waals surface area (Å²) in [5, 5.41) is 0. The number of benzene rings is 1. The minimum atomic E-state index is -4.09. The molecule has 22 heavy (non-hydrogen) atoms. The van der Waals surface area contributed by atoms with Gasteiger partial charge < -0.3 is 0 Å². The van der Waals surface area contributed by atoms with E-state index in [0.717, 1.165) is 5.56 Å². The Hall–Kier alpha value is -1.08. The van der Waals surface area contributed by atoms with Gasteiger partial charge >= 0.3 is 6.18 Å². The van der Waals surface area contributed by atoms with E-state index in [1.165, 1.54) is 12.1 Å². The molecule has 0 radical (unpaired) electrons. The summed E-state index contributed by atoms with van der Waals surface area (Å²) in [7, 11) is -3.74. The lowest BCUT2D eigenvalue weighted by atomic mass is 10.1. The Bertz CT molecular complexity index is 536. The van der Waals surface area contributed by atoms with Gasteiger partial charge in [-0.25, -0.2) is 0 Å². The summed E-state index contributed by atoms with van der Waals surface area (Å²) < 4.78 is 64.3. The maximum Gasteiger partial charge on any atom is 0.389 e. The highest BCUT2D eigenvalue weighted by Crippen LogP contribution is 2.23. The van der Waals surface area contributed by atoms with Gasteiger partial charge in [0.25, 0.3) is 10.1 Å².